The van der Waals surface area contributed by atoms with Crippen molar-refractivity contribution in [3.63, 3.8) is 0 Å². The molecular formula is C10H15N3. The van der Waals surface area contributed by atoms with Crippen LogP contribution in [-0.4, -0.2) is 15.0 Å². The van der Waals surface area contributed by atoms with E-state index in [0.717, 1.165) is 24.2 Å². The Morgan fingerprint density at radius 1 is 1.31 bits per heavy atom. The highest BCUT2D eigenvalue weighted by Gasteiger charge is 2.19. The van der Waals surface area contributed by atoms with E-state index in [1.165, 1.54) is 0 Å². The van der Waals surface area contributed by atoms with Gasteiger partial charge in [-0.15, -0.1) is 0 Å². The predicted molar refractivity (Wildman–Crippen MR) is 52.4 cm³/mol. The summed E-state index contributed by atoms with van der Waals surface area (Å²) in [5.74, 6) is 0. The van der Waals surface area contributed by atoms with Crippen molar-refractivity contribution in [3.8, 4) is 0 Å². The monoisotopic (exact) mass is 177 g/mol. The Hall–Kier alpha value is -1.12. The second-order valence-electron chi connectivity index (χ2n) is 4.43. The molecule has 3 heteroatoms. The molecule has 0 N–H and O–H groups in total. The molecule has 0 aromatic carbocycles. The summed E-state index contributed by atoms with van der Waals surface area (Å²) in [6.07, 6.45) is 6.34. The van der Waals surface area contributed by atoms with Gasteiger partial charge < -0.3 is 0 Å². The molecule has 0 amide bonds. The van der Waals surface area contributed by atoms with E-state index in [0.29, 0.717) is 0 Å². The summed E-state index contributed by atoms with van der Waals surface area (Å²) in [5, 5.41) is 8.92. The number of hydrogen-bond donors (Lipinski definition) is 0. The van der Waals surface area contributed by atoms with Crippen molar-refractivity contribution in [2.45, 2.75) is 39.2 Å². The molecule has 0 saturated carbocycles. The third-order valence-corrected chi connectivity index (χ3v) is 2.14. The van der Waals surface area contributed by atoms with Crippen LogP contribution in [0.3, 0.4) is 0 Å². The van der Waals surface area contributed by atoms with E-state index in [-0.39, 0.29) is 5.54 Å². The van der Waals surface area contributed by atoms with Gasteiger partial charge in [0.05, 0.1) is 11.2 Å². The summed E-state index contributed by atoms with van der Waals surface area (Å²) in [6, 6.07) is 0. The molecule has 1 heterocycles. The van der Waals surface area contributed by atoms with Gasteiger partial charge in [0, 0.05) is 0 Å². The molecule has 0 unspecified atom stereocenters. The molecule has 13 heavy (non-hydrogen) atoms. The lowest BCUT2D eigenvalue weighted by Crippen LogP contribution is -2.24. The molecule has 0 radical (unpaired) electrons. The Labute approximate surface area is 78.5 Å². The van der Waals surface area contributed by atoms with Crippen LogP contribution in [0.5, 0.6) is 0 Å². The van der Waals surface area contributed by atoms with Gasteiger partial charge in [-0.1, -0.05) is 6.08 Å². The van der Waals surface area contributed by atoms with Crippen molar-refractivity contribution < 1.29 is 0 Å². The first-order valence-electron chi connectivity index (χ1n) is 4.70. The summed E-state index contributed by atoms with van der Waals surface area (Å²) in [6.45, 7) is 6.34. The van der Waals surface area contributed by atoms with E-state index in [2.05, 4.69) is 43.1 Å². The maximum atomic E-state index is 4.48. The van der Waals surface area contributed by atoms with Gasteiger partial charge >= 0.3 is 0 Å². The molecule has 2 rings (SSSR count). The Bertz CT molecular complexity index is 342. The molecule has 3 nitrogen and oxygen atoms in total. The summed E-state index contributed by atoms with van der Waals surface area (Å²) in [7, 11) is 0. The van der Waals surface area contributed by atoms with Crippen LogP contribution in [0.25, 0.3) is 6.08 Å². The first kappa shape index (κ1) is 8.48. The van der Waals surface area contributed by atoms with Gasteiger partial charge in [-0.2, -0.15) is 15.0 Å². The number of aromatic nitrogens is 3. The van der Waals surface area contributed by atoms with Gasteiger partial charge in [-0.3, -0.25) is 0 Å². The maximum Gasteiger partial charge on any atom is 0.108 e. The number of rotatable bonds is 0. The second kappa shape index (κ2) is 2.69. The molecule has 1 aromatic rings. The average Bonchev–Trinajstić information content (AvgIpc) is 2.45. The lowest BCUT2D eigenvalue weighted by molar-refractivity contribution is 0.310. The first-order chi connectivity index (χ1) is 6.07. The van der Waals surface area contributed by atoms with Crippen LogP contribution in [0.1, 0.15) is 38.6 Å². The van der Waals surface area contributed by atoms with E-state index < -0.39 is 0 Å². The maximum absolute atomic E-state index is 4.48. The van der Waals surface area contributed by atoms with E-state index in [1.807, 2.05) is 4.80 Å². The summed E-state index contributed by atoms with van der Waals surface area (Å²) < 4.78 is 0. The van der Waals surface area contributed by atoms with E-state index in [1.54, 1.807) is 0 Å². The van der Waals surface area contributed by atoms with Crippen LogP contribution in [0.2, 0.25) is 0 Å². The molecule has 70 valence electrons. The van der Waals surface area contributed by atoms with Crippen LogP contribution in [0.15, 0.2) is 6.08 Å². The van der Waals surface area contributed by atoms with Crippen LogP contribution in [0.4, 0.5) is 0 Å². The Balaban J connectivity index is 2.42. The number of nitrogens with zero attached hydrogens (tertiary/aromatic N) is 3. The van der Waals surface area contributed by atoms with Crippen LogP contribution >= 0.6 is 0 Å². The summed E-state index contributed by atoms with van der Waals surface area (Å²) >= 11 is 0. The zero-order valence-electron chi connectivity index (χ0n) is 8.41. The summed E-state index contributed by atoms with van der Waals surface area (Å²) in [5.41, 5.74) is 2.17. The normalized spacial score (nSPS) is 15.9. The van der Waals surface area contributed by atoms with Crippen LogP contribution < -0.4 is 0 Å². The molecular weight excluding hydrogens is 162 g/mol. The van der Waals surface area contributed by atoms with Gasteiger partial charge in [0.1, 0.15) is 5.69 Å². The Morgan fingerprint density at radius 3 is 2.69 bits per heavy atom. The zero-order valence-corrected chi connectivity index (χ0v) is 8.41. The molecule has 1 aliphatic carbocycles. The fourth-order valence-electron chi connectivity index (χ4n) is 1.37. The topological polar surface area (TPSA) is 30.7 Å². The van der Waals surface area contributed by atoms with Crippen molar-refractivity contribution in [3.05, 3.63) is 17.5 Å². The van der Waals surface area contributed by atoms with E-state index >= 15 is 0 Å². The molecule has 0 aliphatic heterocycles. The Kier molecular flexibility index (Phi) is 1.75. The van der Waals surface area contributed by atoms with Crippen molar-refractivity contribution in [1.29, 1.82) is 0 Å². The SMILES string of the molecule is CC(C)(C)n1nc2c(n1)CCC=C2. The van der Waals surface area contributed by atoms with E-state index in [4.69, 9.17) is 0 Å². The van der Waals surface area contributed by atoms with Crippen molar-refractivity contribution >= 4 is 6.08 Å². The highest BCUT2D eigenvalue weighted by atomic mass is 15.5. The smallest absolute Gasteiger partial charge is 0.108 e. The standard InChI is InChI=1S/C10H15N3/c1-10(2,3)13-11-8-6-4-5-7-9(8)12-13/h4,6H,5,7H2,1-3H3. The van der Waals surface area contributed by atoms with E-state index in [9.17, 15) is 0 Å². The van der Waals surface area contributed by atoms with Gasteiger partial charge in [0.15, 0.2) is 0 Å². The minimum absolute atomic E-state index is 0.00875. The number of hydrogen-bond acceptors (Lipinski definition) is 2. The molecule has 0 spiro atoms. The first-order valence-corrected chi connectivity index (χ1v) is 4.70. The highest BCUT2D eigenvalue weighted by Crippen LogP contribution is 2.18. The molecule has 1 aliphatic rings. The fraction of sp³-hybridized carbons (Fsp3) is 0.600. The molecule has 0 atom stereocenters. The third-order valence-electron chi connectivity index (χ3n) is 2.14. The fourth-order valence-corrected chi connectivity index (χ4v) is 1.37. The molecule has 0 fully saturated rings. The average molecular weight is 177 g/mol. The largest absolute Gasteiger partial charge is 0.179 e. The Morgan fingerprint density at radius 2 is 2.08 bits per heavy atom. The van der Waals surface area contributed by atoms with Gasteiger partial charge in [-0.25, -0.2) is 0 Å². The lowest BCUT2D eigenvalue weighted by atomic mass is 10.1. The highest BCUT2D eigenvalue weighted by molar-refractivity contribution is 5.49. The lowest BCUT2D eigenvalue weighted by Gasteiger charge is -2.16. The minimum atomic E-state index is -0.00875. The zero-order chi connectivity index (χ0) is 9.47. The molecule has 0 saturated heterocycles. The molecule has 0 bridgehead atoms. The minimum Gasteiger partial charge on any atom is -0.179 e. The number of aryl methyl sites for hydroxylation is 1. The van der Waals surface area contributed by atoms with Gasteiger partial charge in [-0.05, 0) is 39.7 Å². The van der Waals surface area contributed by atoms with Crippen molar-refractivity contribution in [2.75, 3.05) is 0 Å². The molecule has 1 aromatic heterocycles. The quantitative estimate of drug-likeness (QED) is 0.606. The van der Waals surface area contributed by atoms with Crippen LogP contribution in [0, 0.1) is 0 Å². The number of allylic oxidation sites excluding steroid dienone is 1. The van der Waals surface area contributed by atoms with Crippen LogP contribution in [-0.2, 0) is 12.0 Å². The van der Waals surface area contributed by atoms with Gasteiger partial charge in [0.2, 0.25) is 0 Å². The number of fused-ring (bicyclic) bond motifs is 1. The second-order valence-corrected chi connectivity index (χ2v) is 4.43. The van der Waals surface area contributed by atoms with Crippen molar-refractivity contribution in [2.24, 2.45) is 0 Å². The predicted octanol–water partition coefficient (Wildman–Crippen LogP) is 1.99. The third kappa shape index (κ3) is 1.50. The van der Waals surface area contributed by atoms with Crippen molar-refractivity contribution in [1.82, 2.24) is 15.0 Å². The van der Waals surface area contributed by atoms with Gasteiger partial charge in [0.25, 0.3) is 0 Å². The summed E-state index contributed by atoms with van der Waals surface area (Å²) in [4.78, 5) is 1.81.